The number of hydrogen-bond acceptors (Lipinski definition) is 2. The van der Waals surface area contributed by atoms with Gasteiger partial charge in [-0.1, -0.05) is 41.4 Å². The lowest BCUT2D eigenvalue weighted by Gasteiger charge is -2.17. The molecule has 0 spiro atoms. The lowest BCUT2D eigenvalue weighted by Crippen LogP contribution is -2.27. The lowest BCUT2D eigenvalue weighted by atomic mass is 10.2. The Labute approximate surface area is 134 Å². The van der Waals surface area contributed by atoms with E-state index < -0.39 is 0 Å². The van der Waals surface area contributed by atoms with Crippen LogP contribution in [-0.4, -0.2) is 19.5 Å². The van der Waals surface area contributed by atoms with Gasteiger partial charge in [0.15, 0.2) is 0 Å². The molecule has 0 saturated carbocycles. The van der Waals surface area contributed by atoms with Gasteiger partial charge in [-0.05, 0) is 30.3 Å². The van der Waals surface area contributed by atoms with Crippen LogP contribution in [0.1, 0.15) is 6.42 Å². The van der Waals surface area contributed by atoms with Gasteiger partial charge in [-0.15, -0.1) is 0 Å². The first kappa shape index (κ1) is 15.7. The first-order valence-corrected chi connectivity index (χ1v) is 7.33. The Morgan fingerprint density at radius 2 is 1.71 bits per heavy atom. The first-order valence-electron chi connectivity index (χ1n) is 6.58. The van der Waals surface area contributed by atoms with Crippen molar-refractivity contribution in [1.29, 1.82) is 0 Å². The molecule has 0 aliphatic heterocycles. The molecule has 0 aliphatic carbocycles. The molecule has 5 heteroatoms. The second kappa shape index (κ2) is 7.34. The molecule has 0 atom stereocenters. The Morgan fingerprint density at radius 3 is 2.33 bits per heavy atom. The average molecular weight is 323 g/mol. The van der Waals surface area contributed by atoms with Crippen molar-refractivity contribution in [2.75, 3.05) is 23.8 Å². The summed E-state index contributed by atoms with van der Waals surface area (Å²) in [5.41, 5.74) is 1.69. The van der Waals surface area contributed by atoms with Crippen LogP contribution in [0.25, 0.3) is 0 Å². The van der Waals surface area contributed by atoms with Crippen molar-refractivity contribution in [3.8, 4) is 0 Å². The molecule has 0 unspecified atom stereocenters. The predicted octanol–water partition coefficient (Wildman–Crippen LogP) is 4.46. The second-order valence-electron chi connectivity index (χ2n) is 4.62. The van der Waals surface area contributed by atoms with Crippen LogP contribution in [0, 0.1) is 0 Å². The van der Waals surface area contributed by atoms with Crippen molar-refractivity contribution < 1.29 is 4.79 Å². The molecule has 0 saturated heterocycles. The molecule has 2 rings (SSSR count). The van der Waals surface area contributed by atoms with Crippen LogP contribution in [0.3, 0.4) is 0 Å². The second-order valence-corrected chi connectivity index (χ2v) is 5.50. The highest BCUT2D eigenvalue weighted by atomic mass is 35.5. The van der Waals surface area contributed by atoms with Crippen LogP contribution in [0.5, 0.6) is 0 Å². The number of para-hydroxylation sites is 1. The Balaban J connectivity index is 1.87. The zero-order valence-electron chi connectivity index (χ0n) is 11.6. The molecule has 110 valence electrons. The SMILES string of the molecule is CN(C(=O)CCNc1cc(Cl)cc(Cl)c1)c1ccccc1. The number of rotatable bonds is 5. The largest absolute Gasteiger partial charge is 0.384 e. The zero-order valence-corrected chi connectivity index (χ0v) is 13.2. The molecule has 0 aromatic heterocycles. The number of benzene rings is 2. The highest BCUT2D eigenvalue weighted by molar-refractivity contribution is 6.35. The van der Waals surface area contributed by atoms with Gasteiger partial charge in [-0.2, -0.15) is 0 Å². The van der Waals surface area contributed by atoms with Gasteiger partial charge in [0.1, 0.15) is 0 Å². The standard InChI is InChI=1S/C16H16Cl2N2O/c1-20(15-5-3-2-4-6-15)16(21)7-8-19-14-10-12(17)9-13(18)11-14/h2-6,9-11,19H,7-8H2,1H3. The van der Waals surface area contributed by atoms with Crippen LogP contribution in [-0.2, 0) is 4.79 Å². The lowest BCUT2D eigenvalue weighted by molar-refractivity contribution is -0.118. The van der Waals surface area contributed by atoms with E-state index in [-0.39, 0.29) is 5.91 Å². The zero-order chi connectivity index (χ0) is 15.2. The number of nitrogens with zero attached hydrogens (tertiary/aromatic N) is 1. The molecule has 3 nitrogen and oxygen atoms in total. The average Bonchev–Trinajstić information content (AvgIpc) is 2.46. The third-order valence-corrected chi connectivity index (χ3v) is 3.48. The van der Waals surface area contributed by atoms with Crippen LogP contribution < -0.4 is 10.2 Å². The number of halogens is 2. The highest BCUT2D eigenvalue weighted by Crippen LogP contribution is 2.22. The molecule has 0 fully saturated rings. The van der Waals surface area contributed by atoms with Crippen LogP contribution in [0.15, 0.2) is 48.5 Å². The van der Waals surface area contributed by atoms with Crippen molar-refractivity contribution in [2.24, 2.45) is 0 Å². The molecule has 1 N–H and O–H groups in total. The van der Waals surface area contributed by atoms with Gasteiger partial charge in [0.05, 0.1) is 0 Å². The minimum Gasteiger partial charge on any atom is -0.384 e. The van der Waals surface area contributed by atoms with E-state index >= 15 is 0 Å². The number of carbonyl (C=O) groups is 1. The summed E-state index contributed by atoms with van der Waals surface area (Å²) in [7, 11) is 1.77. The van der Waals surface area contributed by atoms with E-state index in [2.05, 4.69) is 5.32 Å². The fraction of sp³-hybridized carbons (Fsp3) is 0.188. The molecular formula is C16H16Cl2N2O. The summed E-state index contributed by atoms with van der Waals surface area (Å²) in [5, 5.41) is 4.28. The predicted molar refractivity (Wildman–Crippen MR) is 89.4 cm³/mol. The Bertz CT molecular complexity index is 597. The Morgan fingerprint density at radius 1 is 1.10 bits per heavy atom. The van der Waals surface area contributed by atoms with Crippen LogP contribution >= 0.6 is 23.2 Å². The molecule has 0 radical (unpaired) electrons. The summed E-state index contributed by atoms with van der Waals surface area (Å²) in [6, 6.07) is 14.8. The summed E-state index contributed by atoms with van der Waals surface area (Å²) in [6.45, 7) is 0.521. The van der Waals surface area contributed by atoms with Crippen LogP contribution in [0.4, 0.5) is 11.4 Å². The van der Waals surface area contributed by atoms with Gasteiger partial charge in [0, 0.05) is 41.4 Å². The van der Waals surface area contributed by atoms with Gasteiger partial charge < -0.3 is 10.2 Å². The molecule has 1 amide bonds. The number of hydrogen-bond donors (Lipinski definition) is 1. The topological polar surface area (TPSA) is 32.3 Å². The van der Waals surface area contributed by atoms with Gasteiger partial charge in [-0.3, -0.25) is 4.79 Å². The monoisotopic (exact) mass is 322 g/mol. The van der Waals surface area contributed by atoms with Crippen LogP contribution in [0.2, 0.25) is 10.0 Å². The molecule has 2 aromatic carbocycles. The third kappa shape index (κ3) is 4.66. The summed E-state index contributed by atoms with van der Waals surface area (Å²) in [5.74, 6) is 0.0434. The first-order chi connectivity index (χ1) is 10.1. The van der Waals surface area contributed by atoms with Gasteiger partial charge in [-0.25, -0.2) is 0 Å². The molecule has 0 aliphatic rings. The molecule has 0 heterocycles. The maximum absolute atomic E-state index is 12.1. The summed E-state index contributed by atoms with van der Waals surface area (Å²) in [6.07, 6.45) is 0.384. The van der Waals surface area contributed by atoms with Gasteiger partial charge in [0.25, 0.3) is 0 Å². The summed E-state index contributed by atoms with van der Waals surface area (Å²) in [4.78, 5) is 13.7. The van der Waals surface area contributed by atoms with E-state index in [1.165, 1.54) is 0 Å². The van der Waals surface area contributed by atoms with E-state index in [9.17, 15) is 4.79 Å². The summed E-state index contributed by atoms with van der Waals surface area (Å²) >= 11 is 11.8. The molecule has 21 heavy (non-hydrogen) atoms. The Kier molecular flexibility index (Phi) is 5.48. The number of anilines is 2. The van der Waals surface area contributed by atoms with Crippen molar-refractivity contribution in [3.63, 3.8) is 0 Å². The smallest absolute Gasteiger partial charge is 0.228 e. The van der Waals surface area contributed by atoms with Crippen molar-refractivity contribution in [2.45, 2.75) is 6.42 Å². The van der Waals surface area contributed by atoms with E-state index in [0.717, 1.165) is 11.4 Å². The van der Waals surface area contributed by atoms with Crippen molar-refractivity contribution in [3.05, 3.63) is 58.6 Å². The van der Waals surface area contributed by atoms with Crippen molar-refractivity contribution in [1.82, 2.24) is 0 Å². The maximum Gasteiger partial charge on any atom is 0.228 e. The number of nitrogens with one attached hydrogen (secondary N) is 1. The van der Waals surface area contributed by atoms with E-state index in [1.54, 1.807) is 30.1 Å². The molecule has 0 bridgehead atoms. The number of carbonyl (C=O) groups excluding carboxylic acids is 1. The van der Waals surface area contributed by atoms with Gasteiger partial charge >= 0.3 is 0 Å². The Hall–Kier alpha value is -1.71. The minimum absolute atomic E-state index is 0.0434. The van der Waals surface area contributed by atoms with Crippen molar-refractivity contribution >= 4 is 40.5 Å². The van der Waals surface area contributed by atoms with E-state index in [1.807, 2.05) is 30.3 Å². The molecular weight excluding hydrogens is 307 g/mol. The van der Waals surface area contributed by atoms with E-state index in [0.29, 0.717) is 23.0 Å². The minimum atomic E-state index is 0.0434. The third-order valence-electron chi connectivity index (χ3n) is 3.05. The van der Waals surface area contributed by atoms with Gasteiger partial charge in [0.2, 0.25) is 5.91 Å². The summed E-state index contributed by atoms with van der Waals surface area (Å²) < 4.78 is 0. The number of amides is 1. The maximum atomic E-state index is 12.1. The molecule has 2 aromatic rings. The fourth-order valence-corrected chi connectivity index (χ4v) is 2.46. The normalized spacial score (nSPS) is 10.2. The quantitative estimate of drug-likeness (QED) is 0.881. The fourth-order valence-electron chi connectivity index (χ4n) is 1.93. The highest BCUT2D eigenvalue weighted by Gasteiger charge is 2.09. The van der Waals surface area contributed by atoms with E-state index in [4.69, 9.17) is 23.2 Å².